The van der Waals surface area contributed by atoms with Gasteiger partial charge in [-0.25, -0.2) is 0 Å². The van der Waals surface area contributed by atoms with Crippen LogP contribution in [0.5, 0.6) is 11.5 Å². The van der Waals surface area contributed by atoms with Gasteiger partial charge in [0.1, 0.15) is 0 Å². The van der Waals surface area contributed by atoms with Gasteiger partial charge in [0.25, 0.3) is 0 Å². The number of hydrogen-bond donors (Lipinski definition) is 1. The van der Waals surface area contributed by atoms with Gasteiger partial charge in [-0.1, -0.05) is 32.0 Å². The lowest BCUT2D eigenvalue weighted by molar-refractivity contribution is 0.355. The number of anilines is 1. The van der Waals surface area contributed by atoms with E-state index in [1.807, 2.05) is 18.2 Å². The summed E-state index contributed by atoms with van der Waals surface area (Å²) in [4.78, 5) is 0. The van der Waals surface area contributed by atoms with E-state index in [2.05, 4.69) is 47.6 Å². The third-order valence-electron chi connectivity index (χ3n) is 4.51. The number of para-hydroxylation sites is 1. The fraction of sp³-hybridized carbons (Fsp3) is 0.333. The zero-order valence-corrected chi connectivity index (χ0v) is 16.2. The van der Waals surface area contributed by atoms with Gasteiger partial charge < -0.3 is 19.2 Å². The van der Waals surface area contributed by atoms with Crippen LogP contribution < -0.4 is 14.8 Å². The smallest absolute Gasteiger partial charge is 0.247 e. The van der Waals surface area contributed by atoms with Gasteiger partial charge in [0.15, 0.2) is 11.5 Å². The van der Waals surface area contributed by atoms with Gasteiger partial charge in [0.05, 0.1) is 20.8 Å². The van der Waals surface area contributed by atoms with Crippen molar-refractivity contribution < 1.29 is 13.9 Å². The first kappa shape index (κ1) is 18.8. The Labute approximate surface area is 159 Å². The number of hydrogen-bond acceptors (Lipinski definition) is 6. The van der Waals surface area contributed by atoms with Gasteiger partial charge >= 0.3 is 0 Å². The molecule has 0 aliphatic carbocycles. The Hall–Kier alpha value is -3.02. The molecule has 6 nitrogen and oxygen atoms in total. The van der Waals surface area contributed by atoms with Crippen LogP contribution in [-0.2, 0) is 19.4 Å². The zero-order valence-electron chi connectivity index (χ0n) is 16.2. The summed E-state index contributed by atoms with van der Waals surface area (Å²) >= 11 is 0. The normalized spacial score (nSPS) is 10.7. The Morgan fingerprint density at radius 1 is 0.926 bits per heavy atom. The molecule has 3 aromatic rings. The lowest BCUT2D eigenvalue weighted by atomic mass is 10.0. The molecule has 1 heterocycles. The SMILES string of the molecule is CCc1cccc(CC)c1NCc1nnc(-c2ccc(OC)c(OC)c2)o1. The minimum atomic E-state index is 0.451. The zero-order chi connectivity index (χ0) is 19.2. The number of aryl methyl sites for hydroxylation is 2. The molecule has 0 spiro atoms. The molecule has 0 unspecified atom stereocenters. The standard InChI is InChI=1S/C21H25N3O3/c1-5-14-8-7-9-15(6-2)20(14)22-13-19-23-24-21(27-19)16-10-11-17(25-3)18(12-16)26-4/h7-12,22H,5-6,13H2,1-4H3. The van der Waals surface area contributed by atoms with Crippen molar-refractivity contribution in [3.05, 3.63) is 53.4 Å². The highest BCUT2D eigenvalue weighted by Crippen LogP contribution is 2.32. The third-order valence-corrected chi connectivity index (χ3v) is 4.51. The maximum Gasteiger partial charge on any atom is 0.247 e. The molecule has 1 N–H and O–H groups in total. The molecule has 0 fully saturated rings. The van der Waals surface area contributed by atoms with Crippen LogP contribution in [-0.4, -0.2) is 24.4 Å². The summed E-state index contributed by atoms with van der Waals surface area (Å²) in [7, 11) is 3.20. The van der Waals surface area contributed by atoms with Crippen LogP contribution >= 0.6 is 0 Å². The van der Waals surface area contributed by atoms with E-state index in [1.54, 1.807) is 14.2 Å². The highest BCUT2D eigenvalue weighted by Gasteiger charge is 2.13. The molecule has 6 heteroatoms. The first-order valence-electron chi connectivity index (χ1n) is 9.09. The fourth-order valence-corrected chi connectivity index (χ4v) is 3.04. The van der Waals surface area contributed by atoms with Crippen LogP contribution in [0.1, 0.15) is 30.9 Å². The second-order valence-electron chi connectivity index (χ2n) is 6.08. The number of benzene rings is 2. The Morgan fingerprint density at radius 2 is 1.63 bits per heavy atom. The molecular formula is C21H25N3O3. The summed E-state index contributed by atoms with van der Waals surface area (Å²) in [5.41, 5.74) is 4.52. The van der Waals surface area contributed by atoms with E-state index in [1.165, 1.54) is 11.1 Å². The second-order valence-corrected chi connectivity index (χ2v) is 6.08. The molecule has 2 aromatic carbocycles. The van der Waals surface area contributed by atoms with E-state index >= 15 is 0 Å². The van der Waals surface area contributed by atoms with Crippen molar-refractivity contribution in [3.63, 3.8) is 0 Å². The van der Waals surface area contributed by atoms with Crippen LogP contribution in [0.4, 0.5) is 5.69 Å². The monoisotopic (exact) mass is 367 g/mol. The fourth-order valence-electron chi connectivity index (χ4n) is 3.04. The van der Waals surface area contributed by atoms with E-state index in [0.717, 1.165) is 24.1 Å². The molecule has 0 amide bonds. The van der Waals surface area contributed by atoms with Crippen molar-refractivity contribution in [2.75, 3.05) is 19.5 Å². The van der Waals surface area contributed by atoms with Crippen LogP contribution in [0, 0.1) is 0 Å². The summed E-state index contributed by atoms with van der Waals surface area (Å²) in [6, 6.07) is 11.9. The molecule has 0 radical (unpaired) electrons. The predicted molar refractivity (Wildman–Crippen MR) is 105 cm³/mol. The molecular weight excluding hydrogens is 342 g/mol. The number of nitrogens with zero attached hydrogens (tertiary/aromatic N) is 2. The Kier molecular flexibility index (Phi) is 5.96. The lowest BCUT2D eigenvalue weighted by Crippen LogP contribution is -2.05. The highest BCUT2D eigenvalue weighted by molar-refractivity contribution is 5.60. The van der Waals surface area contributed by atoms with Gasteiger partial charge in [0.2, 0.25) is 11.8 Å². The van der Waals surface area contributed by atoms with E-state index in [0.29, 0.717) is 29.8 Å². The van der Waals surface area contributed by atoms with Crippen molar-refractivity contribution in [2.45, 2.75) is 33.2 Å². The molecule has 0 bridgehead atoms. The number of aromatic nitrogens is 2. The average Bonchev–Trinajstić information content (AvgIpc) is 3.20. The first-order valence-corrected chi connectivity index (χ1v) is 9.09. The Balaban J connectivity index is 1.78. The number of ether oxygens (including phenoxy) is 2. The Bertz CT molecular complexity index is 883. The largest absolute Gasteiger partial charge is 0.493 e. The van der Waals surface area contributed by atoms with Crippen LogP contribution in [0.25, 0.3) is 11.5 Å². The molecule has 27 heavy (non-hydrogen) atoms. The molecule has 1 aromatic heterocycles. The first-order chi connectivity index (χ1) is 13.2. The Morgan fingerprint density at radius 3 is 2.26 bits per heavy atom. The molecule has 142 valence electrons. The summed E-state index contributed by atoms with van der Waals surface area (Å²) < 4.78 is 16.4. The topological polar surface area (TPSA) is 69.4 Å². The second kappa shape index (κ2) is 8.58. The molecule has 3 rings (SSSR count). The van der Waals surface area contributed by atoms with Crippen LogP contribution in [0.15, 0.2) is 40.8 Å². The van der Waals surface area contributed by atoms with Crippen molar-refractivity contribution in [2.24, 2.45) is 0 Å². The molecule has 0 aliphatic heterocycles. The quantitative estimate of drug-likeness (QED) is 0.632. The average molecular weight is 367 g/mol. The van der Waals surface area contributed by atoms with E-state index in [9.17, 15) is 0 Å². The summed E-state index contributed by atoms with van der Waals surface area (Å²) in [5, 5.41) is 11.8. The lowest BCUT2D eigenvalue weighted by Gasteiger charge is -2.14. The van der Waals surface area contributed by atoms with Gasteiger partial charge in [-0.05, 0) is 42.2 Å². The van der Waals surface area contributed by atoms with Crippen LogP contribution in [0.2, 0.25) is 0 Å². The van der Waals surface area contributed by atoms with E-state index < -0.39 is 0 Å². The number of methoxy groups -OCH3 is 2. The molecule has 0 atom stereocenters. The summed E-state index contributed by atoms with van der Waals surface area (Å²) in [6.45, 7) is 4.79. The molecule has 0 saturated carbocycles. The third kappa shape index (κ3) is 4.05. The maximum absolute atomic E-state index is 5.83. The predicted octanol–water partition coefficient (Wildman–Crippen LogP) is 4.49. The highest BCUT2D eigenvalue weighted by atomic mass is 16.5. The molecule has 0 saturated heterocycles. The summed E-state index contributed by atoms with van der Waals surface area (Å²) in [5.74, 6) is 2.27. The van der Waals surface area contributed by atoms with Crippen LogP contribution in [0.3, 0.4) is 0 Å². The minimum absolute atomic E-state index is 0.451. The molecule has 0 aliphatic rings. The van der Waals surface area contributed by atoms with Crippen molar-refractivity contribution in [3.8, 4) is 23.0 Å². The van der Waals surface area contributed by atoms with Gasteiger partial charge in [-0.3, -0.25) is 0 Å². The van der Waals surface area contributed by atoms with Crippen molar-refractivity contribution in [1.29, 1.82) is 0 Å². The number of rotatable bonds is 8. The van der Waals surface area contributed by atoms with Gasteiger partial charge in [-0.2, -0.15) is 0 Å². The van der Waals surface area contributed by atoms with Crippen molar-refractivity contribution >= 4 is 5.69 Å². The van der Waals surface area contributed by atoms with Gasteiger partial charge in [0, 0.05) is 11.3 Å². The van der Waals surface area contributed by atoms with E-state index in [4.69, 9.17) is 13.9 Å². The van der Waals surface area contributed by atoms with Crippen molar-refractivity contribution in [1.82, 2.24) is 10.2 Å². The number of nitrogens with one attached hydrogen (secondary N) is 1. The van der Waals surface area contributed by atoms with Gasteiger partial charge in [-0.15, -0.1) is 10.2 Å². The minimum Gasteiger partial charge on any atom is -0.493 e. The maximum atomic E-state index is 5.83. The van der Waals surface area contributed by atoms with E-state index in [-0.39, 0.29) is 0 Å². The summed E-state index contributed by atoms with van der Waals surface area (Å²) in [6.07, 6.45) is 1.94.